The molecule has 4 rings (SSSR count). The molecule has 1 aromatic carbocycles. The summed E-state index contributed by atoms with van der Waals surface area (Å²) in [5, 5.41) is 6.94. The van der Waals surface area contributed by atoms with Crippen LogP contribution in [0, 0.1) is 5.92 Å². The molecule has 0 N–H and O–H groups in total. The highest BCUT2D eigenvalue weighted by molar-refractivity contribution is 5.84. The summed E-state index contributed by atoms with van der Waals surface area (Å²) in [6.07, 6.45) is 10.6. The summed E-state index contributed by atoms with van der Waals surface area (Å²) < 4.78 is 1.92. The smallest absolute Gasteiger partial charge is 0.0537 e. The number of aromatic nitrogens is 3. The van der Waals surface area contributed by atoms with Crippen LogP contribution in [0.1, 0.15) is 30.0 Å². The lowest BCUT2D eigenvalue weighted by atomic mass is 9.85. The van der Waals surface area contributed by atoms with Gasteiger partial charge in [0.2, 0.25) is 0 Å². The molecule has 2 atom stereocenters. The van der Waals surface area contributed by atoms with Gasteiger partial charge in [-0.05, 0) is 56.4 Å². The van der Waals surface area contributed by atoms with E-state index in [1.807, 2.05) is 30.3 Å². The Balaban J connectivity index is 1.51. The molecule has 0 bridgehead atoms. The SMILES string of the molecule is CN(Cc1cccc2cnccc12)C[C@@H]1CCCN(C)[C@H]1c1cnn(C)c1. The van der Waals surface area contributed by atoms with Crippen LogP contribution in [0.3, 0.4) is 0 Å². The van der Waals surface area contributed by atoms with Gasteiger partial charge in [0.1, 0.15) is 0 Å². The molecule has 5 nitrogen and oxygen atoms in total. The minimum atomic E-state index is 0.451. The van der Waals surface area contributed by atoms with Crippen molar-refractivity contribution in [1.82, 2.24) is 24.6 Å². The molecule has 1 fully saturated rings. The van der Waals surface area contributed by atoms with Crippen LogP contribution in [0.25, 0.3) is 10.8 Å². The van der Waals surface area contributed by atoms with Crippen LogP contribution in [0.5, 0.6) is 0 Å². The first-order valence-electron chi connectivity index (χ1n) is 9.81. The summed E-state index contributed by atoms with van der Waals surface area (Å²) in [6.45, 7) is 3.21. The Morgan fingerprint density at radius 3 is 2.89 bits per heavy atom. The average molecular weight is 364 g/mol. The van der Waals surface area contributed by atoms with Crippen LogP contribution in [0.4, 0.5) is 0 Å². The highest BCUT2D eigenvalue weighted by atomic mass is 15.3. The van der Waals surface area contributed by atoms with Gasteiger partial charge in [0.15, 0.2) is 0 Å². The zero-order valence-corrected chi connectivity index (χ0v) is 16.5. The van der Waals surface area contributed by atoms with E-state index in [0.717, 1.165) is 19.6 Å². The topological polar surface area (TPSA) is 37.2 Å². The van der Waals surface area contributed by atoms with Crippen LogP contribution >= 0.6 is 0 Å². The predicted molar refractivity (Wildman–Crippen MR) is 109 cm³/mol. The quantitative estimate of drug-likeness (QED) is 0.695. The molecule has 0 radical (unpaired) electrons. The number of rotatable bonds is 5. The van der Waals surface area contributed by atoms with Gasteiger partial charge in [-0.15, -0.1) is 0 Å². The lowest BCUT2D eigenvalue weighted by Crippen LogP contribution is -2.40. The summed E-state index contributed by atoms with van der Waals surface area (Å²) in [4.78, 5) is 9.23. The van der Waals surface area contributed by atoms with Crippen LogP contribution < -0.4 is 0 Å². The zero-order chi connectivity index (χ0) is 18.8. The highest BCUT2D eigenvalue weighted by Crippen LogP contribution is 2.35. The molecule has 27 heavy (non-hydrogen) atoms. The van der Waals surface area contributed by atoms with E-state index in [9.17, 15) is 0 Å². The second-order valence-electron chi connectivity index (χ2n) is 7.99. The molecule has 5 heteroatoms. The summed E-state index contributed by atoms with van der Waals surface area (Å²) in [5.41, 5.74) is 2.72. The van der Waals surface area contributed by atoms with Gasteiger partial charge in [0.25, 0.3) is 0 Å². The van der Waals surface area contributed by atoms with Gasteiger partial charge < -0.3 is 4.90 Å². The third-order valence-corrected chi connectivity index (χ3v) is 5.83. The van der Waals surface area contributed by atoms with Crippen LogP contribution in [-0.4, -0.2) is 51.7 Å². The fraction of sp³-hybridized carbons (Fsp3) is 0.455. The maximum atomic E-state index is 4.41. The Morgan fingerprint density at radius 2 is 2.07 bits per heavy atom. The Hall–Kier alpha value is -2.24. The molecular weight excluding hydrogens is 334 g/mol. The minimum absolute atomic E-state index is 0.451. The van der Waals surface area contributed by atoms with Crippen LogP contribution in [0.15, 0.2) is 49.1 Å². The number of hydrogen-bond acceptors (Lipinski definition) is 4. The monoisotopic (exact) mass is 363 g/mol. The largest absolute Gasteiger partial charge is 0.302 e. The van der Waals surface area contributed by atoms with Gasteiger partial charge in [-0.1, -0.05) is 18.2 Å². The first kappa shape index (κ1) is 18.1. The lowest BCUT2D eigenvalue weighted by molar-refractivity contribution is 0.0927. The van der Waals surface area contributed by atoms with Crippen molar-refractivity contribution in [3.8, 4) is 0 Å². The van der Waals surface area contributed by atoms with Crippen molar-refractivity contribution in [3.63, 3.8) is 0 Å². The van der Waals surface area contributed by atoms with Gasteiger partial charge >= 0.3 is 0 Å². The second-order valence-corrected chi connectivity index (χ2v) is 7.99. The Kier molecular flexibility index (Phi) is 5.23. The maximum Gasteiger partial charge on any atom is 0.0537 e. The van der Waals surface area contributed by atoms with Crippen molar-refractivity contribution < 1.29 is 0 Å². The normalized spacial score (nSPS) is 21.2. The fourth-order valence-electron chi connectivity index (χ4n) is 4.65. The van der Waals surface area contributed by atoms with E-state index in [-0.39, 0.29) is 0 Å². The third kappa shape index (κ3) is 3.89. The van der Waals surface area contributed by atoms with E-state index in [4.69, 9.17) is 0 Å². The number of benzene rings is 1. The molecule has 2 aromatic heterocycles. The van der Waals surface area contributed by atoms with Gasteiger partial charge in [0.05, 0.1) is 6.20 Å². The number of piperidine rings is 1. The Morgan fingerprint density at radius 1 is 1.19 bits per heavy atom. The van der Waals surface area contributed by atoms with Gasteiger partial charge in [-0.3, -0.25) is 14.6 Å². The van der Waals surface area contributed by atoms with Crippen LogP contribution in [-0.2, 0) is 13.6 Å². The molecule has 0 spiro atoms. The van der Waals surface area contributed by atoms with Crippen LogP contribution in [0.2, 0.25) is 0 Å². The third-order valence-electron chi connectivity index (χ3n) is 5.83. The molecule has 0 amide bonds. The lowest BCUT2D eigenvalue weighted by Gasteiger charge is -2.40. The number of aryl methyl sites for hydroxylation is 1. The number of likely N-dealkylation sites (tertiary alicyclic amines) is 1. The first-order chi connectivity index (χ1) is 13.1. The van der Waals surface area contributed by atoms with E-state index >= 15 is 0 Å². The molecule has 142 valence electrons. The van der Waals surface area contributed by atoms with E-state index in [0.29, 0.717) is 12.0 Å². The highest BCUT2D eigenvalue weighted by Gasteiger charge is 2.32. The van der Waals surface area contributed by atoms with E-state index < -0.39 is 0 Å². The number of hydrogen-bond donors (Lipinski definition) is 0. The van der Waals surface area contributed by atoms with E-state index in [2.05, 4.69) is 64.4 Å². The average Bonchev–Trinajstić information content (AvgIpc) is 3.08. The maximum absolute atomic E-state index is 4.41. The van der Waals surface area contributed by atoms with Crippen molar-refractivity contribution in [2.75, 3.05) is 27.2 Å². The Bertz CT molecular complexity index is 897. The molecule has 0 unspecified atom stereocenters. The van der Waals surface area contributed by atoms with Crippen molar-refractivity contribution in [2.45, 2.75) is 25.4 Å². The molecule has 1 aliphatic heterocycles. The predicted octanol–water partition coefficient (Wildman–Crippen LogP) is 3.48. The fourth-order valence-corrected chi connectivity index (χ4v) is 4.65. The van der Waals surface area contributed by atoms with E-state index in [1.165, 1.54) is 34.7 Å². The molecular formula is C22H29N5. The van der Waals surface area contributed by atoms with Crippen molar-refractivity contribution in [2.24, 2.45) is 13.0 Å². The summed E-state index contributed by atoms with van der Waals surface area (Å²) in [6, 6.07) is 9.10. The summed E-state index contributed by atoms with van der Waals surface area (Å²) in [7, 11) is 6.50. The number of nitrogens with zero attached hydrogens (tertiary/aromatic N) is 5. The number of fused-ring (bicyclic) bond motifs is 1. The van der Waals surface area contributed by atoms with Gasteiger partial charge in [0, 0.05) is 55.7 Å². The van der Waals surface area contributed by atoms with Gasteiger partial charge in [-0.2, -0.15) is 5.10 Å². The zero-order valence-electron chi connectivity index (χ0n) is 16.5. The summed E-state index contributed by atoms with van der Waals surface area (Å²) >= 11 is 0. The second kappa shape index (κ2) is 7.79. The molecule has 1 saturated heterocycles. The molecule has 0 saturated carbocycles. The van der Waals surface area contributed by atoms with E-state index in [1.54, 1.807) is 0 Å². The molecule has 0 aliphatic carbocycles. The number of pyridine rings is 1. The van der Waals surface area contributed by atoms with Crippen molar-refractivity contribution in [3.05, 3.63) is 60.2 Å². The van der Waals surface area contributed by atoms with Crippen molar-refractivity contribution in [1.29, 1.82) is 0 Å². The standard InChI is InChI=1S/C22H29N5/c1-25(14-18-7-4-6-17-12-23-10-9-21(17)18)15-19-8-5-11-26(2)22(19)20-13-24-27(3)16-20/h4,6-7,9-10,12-13,16,19,22H,5,8,11,14-15H2,1-3H3/t19-,22+/m0/s1. The molecule has 3 heterocycles. The van der Waals surface area contributed by atoms with Crippen molar-refractivity contribution >= 4 is 10.8 Å². The summed E-state index contributed by atoms with van der Waals surface area (Å²) in [5.74, 6) is 0.620. The Labute approximate surface area is 161 Å². The molecule has 3 aromatic rings. The van der Waals surface area contributed by atoms with Gasteiger partial charge in [-0.25, -0.2) is 0 Å². The molecule has 1 aliphatic rings. The minimum Gasteiger partial charge on any atom is -0.302 e. The first-order valence-corrected chi connectivity index (χ1v) is 9.81.